The molecule has 1 heterocycles. The van der Waals surface area contributed by atoms with Gasteiger partial charge in [-0.2, -0.15) is 0 Å². The van der Waals surface area contributed by atoms with Crippen molar-refractivity contribution in [3.05, 3.63) is 89.1 Å². The lowest BCUT2D eigenvalue weighted by Crippen LogP contribution is -2.31. The van der Waals surface area contributed by atoms with Gasteiger partial charge in [0.15, 0.2) is 0 Å². The van der Waals surface area contributed by atoms with Crippen LogP contribution in [0.5, 0.6) is 5.75 Å². The summed E-state index contributed by atoms with van der Waals surface area (Å²) in [4.78, 5) is 25.4. The molecule has 220 valence electrons. The maximum atomic E-state index is 12.9. The predicted octanol–water partition coefficient (Wildman–Crippen LogP) is 5.11. The summed E-state index contributed by atoms with van der Waals surface area (Å²) in [6.45, 7) is 1.42. The first-order chi connectivity index (χ1) is 20.2. The molecule has 0 saturated heterocycles. The number of carbonyl (C=O) groups excluding carboxylic acids is 2. The lowest BCUT2D eigenvalue weighted by molar-refractivity contribution is 0.0980. The van der Waals surface area contributed by atoms with E-state index >= 15 is 0 Å². The number of amides is 2. The minimum Gasteiger partial charge on any atom is -0.496 e. The molecule has 4 aromatic rings. The van der Waals surface area contributed by atoms with Crippen LogP contribution >= 0.6 is 0 Å². The number of nitrogens with zero attached hydrogens (tertiary/aromatic N) is 1. The fraction of sp³-hybridized carbons (Fsp3) is 0.290. The largest absolute Gasteiger partial charge is 0.496 e. The molecule has 0 unspecified atom stereocenters. The van der Waals surface area contributed by atoms with Crippen molar-refractivity contribution in [2.45, 2.75) is 56.8 Å². The zero-order chi connectivity index (χ0) is 29.9. The summed E-state index contributed by atoms with van der Waals surface area (Å²) in [6, 6.07) is 16.6. The quantitative estimate of drug-likeness (QED) is 0.246. The Hall–Kier alpha value is -4.35. The van der Waals surface area contributed by atoms with Crippen molar-refractivity contribution >= 4 is 38.6 Å². The summed E-state index contributed by atoms with van der Waals surface area (Å²) in [5, 5.41) is 13.6. The highest BCUT2D eigenvalue weighted by molar-refractivity contribution is 7.90. The van der Waals surface area contributed by atoms with Crippen LogP contribution in [-0.4, -0.2) is 43.3 Å². The number of hydrogen-bond donors (Lipinski definition) is 3. The average Bonchev–Trinajstić information content (AvgIpc) is 3.60. The van der Waals surface area contributed by atoms with Crippen LogP contribution < -0.4 is 14.8 Å². The number of benzene rings is 3. The number of anilines is 1. The van der Waals surface area contributed by atoms with Crippen LogP contribution in [0.3, 0.4) is 0 Å². The Morgan fingerprint density at radius 3 is 2.50 bits per heavy atom. The van der Waals surface area contributed by atoms with Crippen LogP contribution in [0.4, 0.5) is 10.5 Å². The number of hydrogen-bond acceptors (Lipinski definition) is 7. The zero-order valence-corrected chi connectivity index (χ0v) is 24.2. The van der Waals surface area contributed by atoms with E-state index in [9.17, 15) is 23.1 Å². The molecule has 3 aromatic carbocycles. The number of methoxy groups -OCH3 is 1. The molecular formula is C31H33N3O7S. The number of fused-ring (bicyclic) bond motifs is 1. The van der Waals surface area contributed by atoms with Gasteiger partial charge < -0.3 is 19.1 Å². The van der Waals surface area contributed by atoms with Gasteiger partial charge in [0, 0.05) is 29.3 Å². The number of rotatable bonds is 9. The van der Waals surface area contributed by atoms with Gasteiger partial charge in [-0.15, -0.1) is 0 Å². The molecule has 1 saturated carbocycles. The van der Waals surface area contributed by atoms with Crippen LogP contribution in [0.1, 0.15) is 52.7 Å². The number of sulfonamides is 1. The van der Waals surface area contributed by atoms with E-state index in [1.165, 1.54) is 25.3 Å². The first kappa shape index (κ1) is 29.2. The van der Waals surface area contributed by atoms with E-state index in [0.29, 0.717) is 23.4 Å². The molecule has 3 N–H and O–H groups in total. The molecule has 10 nitrogen and oxygen atoms in total. The minimum atomic E-state index is -4.07. The van der Waals surface area contributed by atoms with Gasteiger partial charge in [0.2, 0.25) is 0 Å². The van der Waals surface area contributed by atoms with Crippen LogP contribution in [-0.2, 0) is 27.9 Å². The Balaban J connectivity index is 1.37. The summed E-state index contributed by atoms with van der Waals surface area (Å²) in [7, 11) is -2.59. The first-order valence-electron chi connectivity index (χ1n) is 13.7. The second-order valence-electron chi connectivity index (χ2n) is 10.3. The van der Waals surface area contributed by atoms with Crippen LogP contribution in [0, 0.1) is 6.92 Å². The van der Waals surface area contributed by atoms with E-state index in [2.05, 4.69) is 10.0 Å². The van der Waals surface area contributed by atoms with Crippen LogP contribution in [0.25, 0.3) is 10.9 Å². The third kappa shape index (κ3) is 6.27. The lowest BCUT2D eigenvalue weighted by Gasteiger charge is -2.13. The van der Waals surface area contributed by atoms with Crippen LogP contribution in [0.2, 0.25) is 0 Å². The van der Waals surface area contributed by atoms with Gasteiger partial charge in [-0.3, -0.25) is 10.1 Å². The Bertz CT molecular complexity index is 1740. The normalized spacial score (nSPS) is 13.7. The maximum Gasteiger partial charge on any atom is 0.411 e. The molecule has 1 aromatic heterocycles. The molecule has 42 heavy (non-hydrogen) atoms. The molecule has 1 aliphatic rings. The number of aliphatic hydroxyl groups excluding tert-OH is 1. The second-order valence-corrected chi connectivity index (χ2v) is 12.0. The van der Waals surface area contributed by atoms with Crippen molar-refractivity contribution in [1.82, 2.24) is 9.29 Å². The smallest absolute Gasteiger partial charge is 0.411 e. The SMILES string of the molecule is COc1cc(C(=O)NS(=O)(=O)c2ccccc2C)ccc1Cc1cn(CO)c2ccc(NC(=O)OC3CCCC3)cc12. The summed E-state index contributed by atoms with van der Waals surface area (Å²) < 4.78 is 40.5. The second kappa shape index (κ2) is 12.3. The van der Waals surface area contributed by atoms with Gasteiger partial charge >= 0.3 is 6.09 Å². The molecule has 2 amide bonds. The molecule has 11 heteroatoms. The van der Waals surface area contributed by atoms with Crippen molar-refractivity contribution in [2.75, 3.05) is 12.4 Å². The molecule has 0 radical (unpaired) electrons. The highest BCUT2D eigenvalue weighted by atomic mass is 32.2. The van der Waals surface area contributed by atoms with E-state index in [1.807, 2.05) is 18.3 Å². The Morgan fingerprint density at radius 1 is 1.02 bits per heavy atom. The number of carbonyl (C=O) groups is 2. The summed E-state index contributed by atoms with van der Waals surface area (Å²) in [5.41, 5.74) is 3.58. The molecule has 1 fully saturated rings. The summed E-state index contributed by atoms with van der Waals surface area (Å²) in [5.74, 6) is -0.379. The Labute approximate surface area is 244 Å². The number of nitrogens with one attached hydrogen (secondary N) is 2. The highest BCUT2D eigenvalue weighted by Gasteiger charge is 2.22. The number of ether oxygens (including phenoxy) is 2. The molecule has 0 bridgehead atoms. The number of aliphatic hydroxyl groups is 1. The van der Waals surface area contributed by atoms with Gasteiger partial charge in [-0.25, -0.2) is 17.9 Å². The summed E-state index contributed by atoms with van der Waals surface area (Å²) >= 11 is 0. The predicted molar refractivity (Wildman–Crippen MR) is 158 cm³/mol. The van der Waals surface area contributed by atoms with E-state index in [0.717, 1.165) is 47.7 Å². The number of aromatic nitrogens is 1. The monoisotopic (exact) mass is 591 g/mol. The fourth-order valence-corrected chi connectivity index (χ4v) is 6.56. The average molecular weight is 592 g/mol. The van der Waals surface area contributed by atoms with Crippen molar-refractivity contribution < 1.29 is 32.6 Å². The van der Waals surface area contributed by atoms with Crippen molar-refractivity contribution in [2.24, 2.45) is 0 Å². The van der Waals surface area contributed by atoms with E-state index in [4.69, 9.17) is 9.47 Å². The first-order valence-corrected chi connectivity index (χ1v) is 15.2. The fourth-order valence-electron chi connectivity index (χ4n) is 5.34. The third-order valence-electron chi connectivity index (χ3n) is 7.48. The van der Waals surface area contributed by atoms with Gasteiger partial charge in [0.25, 0.3) is 15.9 Å². The van der Waals surface area contributed by atoms with Crippen molar-refractivity contribution in [3.63, 3.8) is 0 Å². The van der Waals surface area contributed by atoms with Crippen molar-refractivity contribution in [3.8, 4) is 5.75 Å². The van der Waals surface area contributed by atoms with Gasteiger partial charge in [-0.05, 0) is 85.7 Å². The van der Waals surface area contributed by atoms with Gasteiger partial charge in [-0.1, -0.05) is 24.3 Å². The molecule has 0 spiro atoms. The molecule has 1 aliphatic carbocycles. The summed E-state index contributed by atoms with van der Waals surface area (Å²) in [6.07, 6.45) is 5.52. The molecular weight excluding hydrogens is 558 g/mol. The zero-order valence-electron chi connectivity index (χ0n) is 23.4. The van der Waals surface area contributed by atoms with Crippen LogP contribution in [0.15, 0.2) is 71.8 Å². The molecule has 0 atom stereocenters. The van der Waals surface area contributed by atoms with E-state index in [-0.39, 0.29) is 23.3 Å². The lowest BCUT2D eigenvalue weighted by atomic mass is 10.0. The highest BCUT2D eigenvalue weighted by Crippen LogP contribution is 2.31. The maximum absolute atomic E-state index is 12.9. The standard InChI is InChI=1S/C31H33N3O7S/c1-20-7-3-6-10-29(20)42(38,39)33-30(36)22-12-11-21(28(16-22)40-2)15-23-18-34(19-35)27-14-13-24(17-26(23)27)32-31(37)41-25-8-4-5-9-25/h3,6-7,10-14,16-18,25,35H,4-5,8-9,15,19H2,1-2H3,(H,32,37)(H,33,36). The molecule has 0 aliphatic heterocycles. The molecule has 5 rings (SSSR count). The topological polar surface area (TPSA) is 136 Å². The van der Waals surface area contributed by atoms with E-state index in [1.54, 1.807) is 41.8 Å². The Morgan fingerprint density at radius 2 is 1.79 bits per heavy atom. The van der Waals surface area contributed by atoms with Gasteiger partial charge in [0.05, 0.1) is 17.5 Å². The van der Waals surface area contributed by atoms with Gasteiger partial charge in [0.1, 0.15) is 18.6 Å². The number of aryl methyl sites for hydroxylation is 1. The van der Waals surface area contributed by atoms with Crippen molar-refractivity contribution in [1.29, 1.82) is 0 Å². The third-order valence-corrected chi connectivity index (χ3v) is 8.97. The Kier molecular flexibility index (Phi) is 8.51. The minimum absolute atomic E-state index is 0.0304. The van der Waals surface area contributed by atoms with E-state index < -0.39 is 22.0 Å².